The molecule has 386 valence electrons. The molecular formula is C55H88O12S. The Hall–Kier alpha value is -3.50. The van der Waals surface area contributed by atoms with Gasteiger partial charge in [-0.2, -0.15) is 8.42 Å². The van der Waals surface area contributed by atoms with Gasteiger partial charge in [0.25, 0.3) is 0 Å². The summed E-state index contributed by atoms with van der Waals surface area (Å²) in [5, 5.41) is 30.7. The summed E-state index contributed by atoms with van der Waals surface area (Å²) in [6.45, 7) is 3.65. The lowest BCUT2D eigenvalue weighted by Crippen LogP contribution is -2.60. The van der Waals surface area contributed by atoms with Crippen LogP contribution in [-0.2, 0) is 38.3 Å². The molecule has 0 radical (unpaired) electrons. The Morgan fingerprint density at radius 2 is 0.971 bits per heavy atom. The quantitative estimate of drug-likeness (QED) is 0.0197. The van der Waals surface area contributed by atoms with E-state index >= 15 is 0 Å². The number of ether oxygens (including phenoxy) is 4. The molecule has 0 saturated carbocycles. The predicted molar refractivity (Wildman–Crippen MR) is 275 cm³/mol. The highest BCUT2D eigenvalue weighted by molar-refractivity contribution is 7.80. The van der Waals surface area contributed by atoms with Crippen LogP contribution in [0.25, 0.3) is 0 Å². The van der Waals surface area contributed by atoms with E-state index in [2.05, 4.69) is 133 Å². The Morgan fingerprint density at radius 3 is 1.41 bits per heavy atom. The molecule has 0 aromatic heterocycles. The van der Waals surface area contributed by atoms with Crippen LogP contribution in [-0.4, -0.2) is 97.5 Å². The van der Waals surface area contributed by atoms with Crippen LogP contribution >= 0.6 is 0 Å². The van der Waals surface area contributed by atoms with Crippen molar-refractivity contribution in [1.82, 2.24) is 0 Å². The van der Waals surface area contributed by atoms with Crippen LogP contribution in [0.2, 0.25) is 0 Å². The van der Waals surface area contributed by atoms with Gasteiger partial charge in [-0.3, -0.25) is 9.35 Å². The molecule has 1 saturated heterocycles. The van der Waals surface area contributed by atoms with E-state index < -0.39 is 59.8 Å². The van der Waals surface area contributed by atoms with Gasteiger partial charge in [0.1, 0.15) is 30.5 Å². The predicted octanol–water partition coefficient (Wildman–Crippen LogP) is 11.7. The van der Waals surface area contributed by atoms with Crippen LogP contribution in [0.4, 0.5) is 0 Å². The first-order valence-corrected chi connectivity index (χ1v) is 26.7. The van der Waals surface area contributed by atoms with Gasteiger partial charge in [-0.05, 0) is 96.3 Å². The minimum atomic E-state index is -5.08. The van der Waals surface area contributed by atoms with E-state index in [1.807, 2.05) is 6.08 Å². The number of hydrogen-bond donors (Lipinski definition) is 4. The molecule has 12 nitrogen and oxygen atoms in total. The van der Waals surface area contributed by atoms with Crippen molar-refractivity contribution in [2.24, 2.45) is 0 Å². The maximum absolute atomic E-state index is 12.9. The zero-order chi connectivity index (χ0) is 49.6. The first kappa shape index (κ1) is 62.5. The molecule has 1 aliphatic rings. The highest BCUT2D eigenvalue weighted by Crippen LogP contribution is 2.26. The Balaban J connectivity index is 2.41. The van der Waals surface area contributed by atoms with Gasteiger partial charge in [0, 0.05) is 13.0 Å². The third kappa shape index (κ3) is 37.4. The third-order valence-electron chi connectivity index (χ3n) is 10.6. The van der Waals surface area contributed by atoms with Crippen LogP contribution < -0.4 is 0 Å². The molecule has 1 heterocycles. The van der Waals surface area contributed by atoms with Crippen molar-refractivity contribution >= 4 is 16.4 Å². The summed E-state index contributed by atoms with van der Waals surface area (Å²) in [4.78, 5) is 12.9. The molecule has 1 fully saturated rings. The number of aliphatic hydroxyl groups excluding tert-OH is 3. The van der Waals surface area contributed by atoms with E-state index in [0.29, 0.717) is 19.4 Å². The van der Waals surface area contributed by atoms with Crippen LogP contribution in [0.15, 0.2) is 122 Å². The molecule has 0 bridgehead atoms. The zero-order valence-electron chi connectivity index (χ0n) is 41.4. The van der Waals surface area contributed by atoms with Gasteiger partial charge in [0.05, 0.1) is 19.8 Å². The van der Waals surface area contributed by atoms with Gasteiger partial charge < -0.3 is 34.3 Å². The normalized spacial score (nSPS) is 20.4. The van der Waals surface area contributed by atoms with Gasteiger partial charge >= 0.3 is 16.4 Å². The summed E-state index contributed by atoms with van der Waals surface area (Å²) in [5.74, 6) is -0.464. The molecule has 1 rings (SSSR count). The molecule has 0 aliphatic carbocycles. The summed E-state index contributed by atoms with van der Waals surface area (Å²) >= 11 is 0. The van der Waals surface area contributed by atoms with Crippen LogP contribution in [0, 0.1) is 0 Å². The van der Waals surface area contributed by atoms with Crippen molar-refractivity contribution in [3.05, 3.63) is 122 Å². The molecular weight excluding hydrogens is 885 g/mol. The van der Waals surface area contributed by atoms with E-state index in [4.69, 9.17) is 18.9 Å². The Labute approximate surface area is 410 Å². The van der Waals surface area contributed by atoms with Crippen LogP contribution in [0.5, 0.6) is 0 Å². The van der Waals surface area contributed by atoms with Gasteiger partial charge in [-0.25, -0.2) is 4.18 Å². The average molecular weight is 973 g/mol. The number of aliphatic hydroxyl groups is 3. The Morgan fingerprint density at radius 1 is 0.559 bits per heavy atom. The summed E-state index contributed by atoms with van der Waals surface area (Å²) in [5.41, 5.74) is 0. The molecule has 0 aromatic rings. The fourth-order valence-corrected chi connectivity index (χ4v) is 7.36. The summed E-state index contributed by atoms with van der Waals surface area (Å²) < 4.78 is 59.2. The third-order valence-corrected chi connectivity index (χ3v) is 11.0. The summed E-state index contributed by atoms with van der Waals surface area (Å²) in [6.07, 6.45) is 55.2. The zero-order valence-corrected chi connectivity index (χ0v) is 42.2. The van der Waals surface area contributed by atoms with E-state index in [1.54, 1.807) is 0 Å². The lowest BCUT2D eigenvalue weighted by molar-refractivity contribution is -0.301. The van der Waals surface area contributed by atoms with Crippen LogP contribution in [0.3, 0.4) is 0 Å². The number of unbranched alkanes of at least 4 members (excludes halogenated alkanes) is 9. The Kier molecular flexibility index (Phi) is 41.1. The lowest BCUT2D eigenvalue weighted by atomic mass is 9.99. The standard InChI is InChI=1S/C55H88O12S/c1-3-5-7-9-11-13-15-17-19-21-22-23-24-25-26-27-29-31-33-35-37-39-41-43-45-63-47-49(48-64-55-53(59)54(67-68(60,61)62)52(58)50(46-56)66-55)65-51(57)44-42-40-38-36-34-32-30-28-20-18-16-14-12-10-8-6-4-2/h5-8,11-14,17-20,22-23,25-26,30,32,36,38,49-50,52-56,58-59H,3-4,9-10,15-16,21,24,27-29,31,33-35,37,39-48H2,1-2H3,(H,60,61,62)/b7-5-,8-6-,13-11-,14-12-,19-17-,20-18-,23-22-,26-25-,32-30-,38-36-. The van der Waals surface area contributed by atoms with Gasteiger partial charge in [0.2, 0.25) is 0 Å². The molecule has 13 heteroatoms. The second kappa shape index (κ2) is 44.7. The fraction of sp³-hybridized carbons (Fsp3) is 0.618. The molecule has 0 aromatic carbocycles. The highest BCUT2D eigenvalue weighted by atomic mass is 32.3. The van der Waals surface area contributed by atoms with Crippen molar-refractivity contribution in [2.75, 3.05) is 26.4 Å². The molecule has 4 N–H and O–H groups in total. The smallest absolute Gasteiger partial charge is 0.397 e. The second-order valence-electron chi connectivity index (χ2n) is 16.6. The summed E-state index contributed by atoms with van der Waals surface area (Å²) in [7, 11) is -5.08. The number of rotatable bonds is 42. The highest BCUT2D eigenvalue weighted by Gasteiger charge is 2.48. The molecule has 0 amide bonds. The monoisotopic (exact) mass is 973 g/mol. The molecule has 0 spiro atoms. The number of carbonyl (C=O) groups is 1. The van der Waals surface area contributed by atoms with Crippen LogP contribution in [0.1, 0.15) is 155 Å². The molecule has 6 atom stereocenters. The maximum Gasteiger partial charge on any atom is 0.397 e. The van der Waals surface area contributed by atoms with Gasteiger partial charge in [-0.15, -0.1) is 0 Å². The van der Waals surface area contributed by atoms with Crippen molar-refractivity contribution < 1.29 is 56.2 Å². The average Bonchev–Trinajstić information content (AvgIpc) is 3.31. The first-order valence-electron chi connectivity index (χ1n) is 25.3. The van der Waals surface area contributed by atoms with E-state index in [0.717, 1.165) is 96.3 Å². The topological polar surface area (TPSA) is 178 Å². The molecule has 6 unspecified atom stereocenters. The number of esters is 1. The largest absolute Gasteiger partial charge is 0.457 e. The number of allylic oxidation sites excluding steroid dienone is 20. The van der Waals surface area contributed by atoms with E-state index in [9.17, 15) is 33.1 Å². The molecule has 1 aliphatic heterocycles. The van der Waals surface area contributed by atoms with Crippen molar-refractivity contribution in [2.45, 2.75) is 192 Å². The minimum Gasteiger partial charge on any atom is -0.457 e. The summed E-state index contributed by atoms with van der Waals surface area (Å²) in [6, 6.07) is 0. The molecule has 68 heavy (non-hydrogen) atoms. The number of hydrogen-bond acceptors (Lipinski definition) is 11. The second-order valence-corrected chi connectivity index (χ2v) is 17.7. The Bertz CT molecular complexity index is 1640. The van der Waals surface area contributed by atoms with Crippen molar-refractivity contribution in [3.63, 3.8) is 0 Å². The maximum atomic E-state index is 12.9. The van der Waals surface area contributed by atoms with Gasteiger partial charge in [-0.1, -0.05) is 174 Å². The van der Waals surface area contributed by atoms with Gasteiger partial charge in [0.15, 0.2) is 6.29 Å². The first-order chi connectivity index (χ1) is 33.1. The van der Waals surface area contributed by atoms with Crippen molar-refractivity contribution in [3.8, 4) is 0 Å². The van der Waals surface area contributed by atoms with E-state index in [-0.39, 0.29) is 19.6 Å². The van der Waals surface area contributed by atoms with Crippen molar-refractivity contribution in [1.29, 1.82) is 0 Å². The fourth-order valence-electron chi connectivity index (χ4n) is 6.85. The lowest BCUT2D eigenvalue weighted by Gasteiger charge is -2.41. The SMILES string of the molecule is CC/C=C\C/C=C\C/C=C\C/C=C\C/C=C\CCCCCCCCCCOCC(COC1OC(CO)C(O)C(OS(=O)(=O)O)C1O)OC(=O)CCC/C=C\C/C=C\C/C=C\C/C=C\C/C=C\CC. The van der Waals surface area contributed by atoms with E-state index in [1.165, 1.54) is 25.7 Å². The minimum absolute atomic E-state index is 0.00177. The number of carbonyl (C=O) groups excluding carboxylic acids is 1.